The molecular weight excluding hydrogens is 529 g/mol. The zero-order valence-corrected chi connectivity index (χ0v) is 20.6. The summed E-state index contributed by atoms with van der Waals surface area (Å²) < 4.78 is 45.9. The van der Waals surface area contributed by atoms with Gasteiger partial charge in [-0.3, -0.25) is 4.79 Å². The number of thiophene rings is 1. The summed E-state index contributed by atoms with van der Waals surface area (Å²) in [6.07, 6.45) is -5.00. The number of aliphatic imine (C=N–C) groups is 1. The highest BCUT2D eigenvalue weighted by Crippen LogP contribution is 2.37. The van der Waals surface area contributed by atoms with E-state index in [1.54, 1.807) is 22.9 Å². The van der Waals surface area contributed by atoms with Crippen LogP contribution in [0.25, 0.3) is 22.7 Å². The van der Waals surface area contributed by atoms with E-state index in [0.717, 1.165) is 23.4 Å². The molecule has 0 radical (unpaired) electrons. The summed E-state index contributed by atoms with van der Waals surface area (Å²) in [6, 6.07) is 19.2. The van der Waals surface area contributed by atoms with Crippen molar-refractivity contribution in [3.05, 3.63) is 100 Å². The number of anilines is 2. The van der Waals surface area contributed by atoms with Crippen LogP contribution in [0, 0.1) is 0 Å². The lowest BCUT2D eigenvalue weighted by atomic mass is 10.0. The minimum atomic E-state index is -4.57. The third-order valence-electron chi connectivity index (χ3n) is 5.93. The molecule has 5 aromatic rings. The van der Waals surface area contributed by atoms with E-state index < -0.39 is 23.8 Å². The molecule has 6 rings (SSSR count). The van der Waals surface area contributed by atoms with Crippen molar-refractivity contribution in [3.8, 4) is 22.7 Å². The van der Waals surface area contributed by atoms with Crippen LogP contribution in [-0.4, -0.2) is 33.0 Å². The molecule has 1 aliphatic heterocycles. The summed E-state index contributed by atoms with van der Waals surface area (Å²) in [5.41, 5.74) is 2.60. The molecule has 0 aliphatic carbocycles. The third kappa shape index (κ3) is 4.89. The van der Waals surface area contributed by atoms with Gasteiger partial charge in [-0.05, 0) is 34.5 Å². The molecule has 2 N–H and O–H groups in total. The van der Waals surface area contributed by atoms with Crippen molar-refractivity contribution < 1.29 is 22.4 Å². The van der Waals surface area contributed by atoms with Crippen molar-refractivity contribution in [2.45, 2.75) is 12.3 Å². The Morgan fingerprint density at radius 2 is 1.74 bits per heavy atom. The minimum Gasteiger partial charge on any atom is -0.402 e. The summed E-state index contributed by atoms with van der Waals surface area (Å²) in [6.45, 7) is 0. The summed E-state index contributed by atoms with van der Waals surface area (Å²) in [7, 11) is 0. The highest BCUT2D eigenvalue weighted by atomic mass is 32.1. The van der Waals surface area contributed by atoms with Crippen molar-refractivity contribution in [1.82, 2.24) is 15.2 Å². The van der Waals surface area contributed by atoms with Crippen LogP contribution in [0.4, 0.5) is 24.9 Å². The maximum atomic E-state index is 13.4. The lowest BCUT2D eigenvalue weighted by Gasteiger charge is -2.11. The Morgan fingerprint density at radius 1 is 0.949 bits per heavy atom. The van der Waals surface area contributed by atoms with Crippen LogP contribution in [0.5, 0.6) is 0 Å². The number of carbonyl (C=O) groups excluding carboxylic acids is 1. The van der Waals surface area contributed by atoms with E-state index in [4.69, 9.17) is 4.42 Å². The number of benzene rings is 2. The second-order valence-electron chi connectivity index (χ2n) is 8.47. The molecule has 1 amide bonds. The van der Waals surface area contributed by atoms with Gasteiger partial charge in [-0.15, -0.1) is 5.10 Å². The Labute approximate surface area is 223 Å². The van der Waals surface area contributed by atoms with Crippen LogP contribution in [0.1, 0.15) is 16.7 Å². The lowest BCUT2D eigenvalue weighted by Crippen LogP contribution is -2.32. The average molecular weight is 547 g/mol. The van der Waals surface area contributed by atoms with Crippen LogP contribution < -0.4 is 10.6 Å². The largest absolute Gasteiger partial charge is 0.417 e. The number of amides is 1. The minimum absolute atomic E-state index is 0.0770. The molecule has 0 saturated heterocycles. The van der Waals surface area contributed by atoms with Crippen LogP contribution >= 0.6 is 11.3 Å². The van der Waals surface area contributed by atoms with Crippen molar-refractivity contribution in [2.24, 2.45) is 4.99 Å². The molecule has 12 heteroatoms. The molecule has 1 aliphatic rings. The number of halogens is 3. The Kier molecular flexibility index (Phi) is 6.15. The highest BCUT2D eigenvalue weighted by molar-refractivity contribution is 7.08. The van der Waals surface area contributed by atoms with E-state index in [1.807, 2.05) is 48.5 Å². The van der Waals surface area contributed by atoms with Gasteiger partial charge in [0.2, 0.25) is 6.17 Å². The second kappa shape index (κ2) is 9.80. The quantitative estimate of drug-likeness (QED) is 0.276. The molecule has 0 bridgehead atoms. The Bertz CT molecular complexity index is 1680. The van der Waals surface area contributed by atoms with Crippen LogP contribution in [0.15, 0.2) is 93.1 Å². The Hall–Kier alpha value is -4.84. The number of nitrogens with zero attached hydrogens (tertiary/aromatic N) is 4. The zero-order chi connectivity index (χ0) is 27.0. The van der Waals surface area contributed by atoms with Crippen molar-refractivity contribution in [2.75, 3.05) is 10.6 Å². The number of rotatable bonds is 5. The number of aromatic nitrogens is 3. The third-order valence-corrected chi connectivity index (χ3v) is 6.61. The zero-order valence-electron chi connectivity index (χ0n) is 19.8. The Morgan fingerprint density at radius 3 is 2.51 bits per heavy atom. The second-order valence-corrected chi connectivity index (χ2v) is 9.25. The van der Waals surface area contributed by atoms with Crippen LogP contribution in [0.2, 0.25) is 0 Å². The number of para-hydroxylation sites is 1. The molecule has 1 atom stereocenters. The maximum Gasteiger partial charge on any atom is 0.417 e. The molecule has 0 spiro atoms. The lowest BCUT2D eigenvalue weighted by molar-refractivity contribution is -0.137. The number of pyridine rings is 1. The van der Waals surface area contributed by atoms with Crippen LogP contribution in [0.3, 0.4) is 0 Å². The number of hydrogen-bond acceptors (Lipinski definition) is 8. The summed E-state index contributed by atoms with van der Waals surface area (Å²) in [5, 5.41) is 17.1. The SMILES string of the molecule is O=C1Nc2ccccc2C(c2ccccc2)=N[C@@H]1Nc1nnc(-c2ncc(C(F)(F)F)cc2-c2ccsc2)o1. The fourth-order valence-corrected chi connectivity index (χ4v) is 4.76. The summed E-state index contributed by atoms with van der Waals surface area (Å²) in [5.74, 6) is -0.572. The van der Waals surface area contributed by atoms with Crippen LogP contribution in [-0.2, 0) is 11.0 Å². The van der Waals surface area contributed by atoms with Gasteiger partial charge >= 0.3 is 12.2 Å². The molecular formula is C27H17F3N6O2S. The van der Waals surface area contributed by atoms with E-state index in [2.05, 4.69) is 30.8 Å². The molecule has 4 heterocycles. The van der Waals surface area contributed by atoms with E-state index >= 15 is 0 Å². The Balaban J connectivity index is 1.36. The van der Waals surface area contributed by atoms with Gasteiger partial charge in [0, 0.05) is 22.9 Å². The number of fused-ring (bicyclic) bond motifs is 1. The van der Waals surface area contributed by atoms with E-state index in [1.165, 1.54) is 11.3 Å². The molecule has 39 heavy (non-hydrogen) atoms. The van der Waals surface area contributed by atoms with E-state index in [0.29, 0.717) is 17.0 Å². The first-order valence-electron chi connectivity index (χ1n) is 11.6. The number of benzodiazepines with no additional fused rings is 1. The van der Waals surface area contributed by atoms with Crippen molar-refractivity contribution in [3.63, 3.8) is 0 Å². The van der Waals surface area contributed by atoms with E-state index in [9.17, 15) is 18.0 Å². The fraction of sp³-hybridized carbons (Fsp3) is 0.0741. The van der Waals surface area contributed by atoms with Gasteiger partial charge in [-0.2, -0.15) is 24.5 Å². The number of nitrogens with one attached hydrogen (secondary N) is 2. The first-order chi connectivity index (χ1) is 18.9. The maximum absolute atomic E-state index is 13.4. The average Bonchev–Trinajstić information content (AvgIpc) is 3.61. The van der Waals surface area contributed by atoms with Gasteiger partial charge in [0.15, 0.2) is 0 Å². The predicted molar refractivity (Wildman–Crippen MR) is 140 cm³/mol. The van der Waals surface area contributed by atoms with Gasteiger partial charge in [-0.1, -0.05) is 53.6 Å². The van der Waals surface area contributed by atoms with Gasteiger partial charge in [0.25, 0.3) is 11.8 Å². The molecule has 194 valence electrons. The fourth-order valence-electron chi connectivity index (χ4n) is 4.10. The first-order valence-corrected chi connectivity index (χ1v) is 12.5. The normalized spacial score (nSPS) is 15.2. The first kappa shape index (κ1) is 24.5. The van der Waals surface area contributed by atoms with Crippen molar-refractivity contribution in [1.29, 1.82) is 0 Å². The monoisotopic (exact) mass is 546 g/mol. The highest BCUT2D eigenvalue weighted by Gasteiger charge is 2.33. The van der Waals surface area contributed by atoms with E-state index in [-0.39, 0.29) is 23.2 Å². The summed E-state index contributed by atoms with van der Waals surface area (Å²) in [4.78, 5) is 21.8. The standard InChI is InChI=1S/C27H17F3N6O2S/c28-27(29,30)17-12-19(16-10-11-39-14-16)22(31-13-17)25-35-36-26(38-25)34-23-24(37)32-20-9-5-4-8-18(20)21(33-23)15-6-2-1-3-7-15/h1-14,23H,(H,32,37)(H,34,36)/t23-/m1/s1. The smallest absolute Gasteiger partial charge is 0.402 e. The summed E-state index contributed by atoms with van der Waals surface area (Å²) >= 11 is 1.33. The van der Waals surface area contributed by atoms with Gasteiger partial charge in [0.1, 0.15) is 5.69 Å². The number of alkyl halides is 3. The predicted octanol–water partition coefficient (Wildman–Crippen LogP) is 6.11. The number of hydrogen-bond donors (Lipinski definition) is 2. The molecule has 0 saturated carbocycles. The van der Waals surface area contributed by atoms with Crippen molar-refractivity contribution >= 4 is 34.7 Å². The molecule has 2 aromatic carbocycles. The molecule has 8 nitrogen and oxygen atoms in total. The van der Waals surface area contributed by atoms with Gasteiger partial charge in [-0.25, -0.2) is 9.98 Å². The van der Waals surface area contributed by atoms with Gasteiger partial charge in [0.05, 0.1) is 17.0 Å². The topological polar surface area (TPSA) is 105 Å². The molecule has 3 aromatic heterocycles. The van der Waals surface area contributed by atoms with Gasteiger partial charge < -0.3 is 15.1 Å². The number of carbonyl (C=O) groups is 1. The molecule has 0 unspecified atom stereocenters. The molecule has 0 fully saturated rings.